The van der Waals surface area contributed by atoms with E-state index in [0.717, 1.165) is 24.3 Å². The first kappa shape index (κ1) is 12.9. The lowest BCUT2D eigenvalue weighted by Crippen LogP contribution is -2.33. The van der Waals surface area contributed by atoms with Gasteiger partial charge in [0.2, 0.25) is 0 Å². The Hall–Kier alpha value is -1.16. The van der Waals surface area contributed by atoms with E-state index in [1.807, 2.05) is 12.1 Å². The molecule has 2 N–H and O–H groups in total. The van der Waals surface area contributed by atoms with Gasteiger partial charge in [-0.2, -0.15) is 0 Å². The molecule has 0 aliphatic rings. The van der Waals surface area contributed by atoms with Crippen LogP contribution in [0.15, 0.2) is 18.3 Å². The van der Waals surface area contributed by atoms with Crippen LogP contribution in [0.1, 0.15) is 32.9 Å². The molecular weight excluding hydrogens is 218 g/mol. The topological polar surface area (TPSA) is 42.2 Å². The molecule has 0 unspecified atom stereocenters. The van der Waals surface area contributed by atoms with Crippen molar-refractivity contribution in [2.75, 3.05) is 11.4 Å². The zero-order valence-electron chi connectivity index (χ0n) is 10.1. The Morgan fingerprint density at radius 1 is 1.56 bits per heavy atom. The first-order valence-electron chi connectivity index (χ1n) is 5.59. The van der Waals surface area contributed by atoms with Crippen molar-refractivity contribution in [2.24, 2.45) is 5.73 Å². The number of hydrogen-bond acceptors (Lipinski definition) is 3. The number of hydrogen-bond donors (Lipinski definition) is 1. The van der Waals surface area contributed by atoms with Crippen LogP contribution in [0.3, 0.4) is 0 Å². The molecule has 4 heteroatoms. The monoisotopic (exact) mass is 237 g/mol. The highest BCUT2D eigenvalue weighted by atomic mass is 32.1. The summed E-state index contributed by atoms with van der Waals surface area (Å²) < 4.78 is 0. The van der Waals surface area contributed by atoms with Gasteiger partial charge in [0.15, 0.2) is 0 Å². The molecule has 3 nitrogen and oxygen atoms in total. The highest BCUT2D eigenvalue weighted by molar-refractivity contribution is 7.80. The Labute approximate surface area is 103 Å². The van der Waals surface area contributed by atoms with Crippen molar-refractivity contribution in [1.82, 2.24) is 4.98 Å². The second-order valence-corrected chi connectivity index (χ2v) is 4.46. The van der Waals surface area contributed by atoms with Gasteiger partial charge in [0.1, 0.15) is 10.7 Å². The molecule has 0 saturated carbocycles. The third-order valence-electron chi connectivity index (χ3n) is 2.42. The van der Waals surface area contributed by atoms with Crippen molar-refractivity contribution in [3.8, 4) is 0 Å². The van der Waals surface area contributed by atoms with Crippen LogP contribution < -0.4 is 10.6 Å². The first-order chi connectivity index (χ1) is 7.57. The summed E-state index contributed by atoms with van der Waals surface area (Å²) in [4.78, 5) is 6.89. The summed E-state index contributed by atoms with van der Waals surface area (Å²) in [6, 6.07) is 4.36. The highest BCUT2D eigenvalue weighted by Gasteiger charge is 2.15. The van der Waals surface area contributed by atoms with Gasteiger partial charge < -0.3 is 10.6 Å². The zero-order chi connectivity index (χ0) is 12.1. The number of rotatable bonds is 5. The van der Waals surface area contributed by atoms with Crippen molar-refractivity contribution in [3.05, 3.63) is 24.0 Å². The molecule has 88 valence electrons. The van der Waals surface area contributed by atoms with E-state index in [1.54, 1.807) is 6.20 Å². The van der Waals surface area contributed by atoms with Gasteiger partial charge in [-0.3, -0.25) is 4.98 Å². The molecule has 1 aromatic rings. The molecule has 1 rings (SSSR count). The lowest BCUT2D eigenvalue weighted by Gasteiger charge is -2.29. The van der Waals surface area contributed by atoms with Crippen LogP contribution in [0.25, 0.3) is 0 Å². The van der Waals surface area contributed by atoms with E-state index in [9.17, 15) is 0 Å². The lowest BCUT2D eigenvalue weighted by molar-refractivity contribution is 0.669. The van der Waals surface area contributed by atoms with Gasteiger partial charge in [0.25, 0.3) is 0 Å². The molecular formula is C12H19N3S. The van der Waals surface area contributed by atoms with E-state index in [-0.39, 0.29) is 0 Å². The number of thiocarbonyl (C=S) groups is 1. The maximum absolute atomic E-state index is 5.69. The smallest absolute Gasteiger partial charge is 0.124 e. The number of anilines is 1. The van der Waals surface area contributed by atoms with Crippen LogP contribution in [0.2, 0.25) is 0 Å². The minimum Gasteiger partial charge on any atom is -0.388 e. The normalized spacial score (nSPS) is 10.5. The van der Waals surface area contributed by atoms with Gasteiger partial charge in [-0.25, -0.2) is 0 Å². The van der Waals surface area contributed by atoms with Crippen LogP contribution in [0, 0.1) is 0 Å². The maximum Gasteiger partial charge on any atom is 0.124 e. The van der Waals surface area contributed by atoms with Crippen LogP contribution in [0.4, 0.5) is 5.69 Å². The third-order valence-corrected chi connectivity index (χ3v) is 2.61. The molecule has 0 radical (unpaired) electrons. The molecule has 0 aromatic carbocycles. The fraction of sp³-hybridized carbons (Fsp3) is 0.500. The molecule has 0 aliphatic carbocycles. The van der Waals surface area contributed by atoms with Gasteiger partial charge in [-0.15, -0.1) is 0 Å². The standard InChI is InChI=1S/C12H19N3S/c1-4-8-15(9(2)3)10-6-5-7-14-11(10)12(13)16/h5-7,9H,4,8H2,1-3H3,(H2,13,16). The summed E-state index contributed by atoms with van der Waals surface area (Å²) in [6.07, 6.45) is 2.81. The van der Waals surface area contributed by atoms with E-state index in [0.29, 0.717) is 11.0 Å². The Kier molecular flexibility index (Phi) is 4.68. The molecule has 0 bridgehead atoms. The molecule has 16 heavy (non-hydrogen) atoms. The molecule has 0 aliphatic heterocycles. The number of nitrogens with zero attached hydrogens (tertiary/aromatic N) is 2. The largest absolute Gasteiger partial charge is 0.388 e. The Bertz CT molecular complexity index is 363. The fourth-order valence-corrected chi connectivity index (χ4v) is 1.87. The van der Waals surface area contributed by atoms with Crippen molar-refractivity contribution in [1.29, 1.82) is 0 Å². The van der Waals surface area contributed by atoms with Crippen LogP contribution in [-0.2, 0) is 0 Å². The van der Waals surface area contributed by atoms with Gasteiger partial charge in [0.05, 0.1) is 5.69 Å². The molecule has 0 atom stereocenters. The van der Waals surface area contributed by atoms with Crippen molar-refractivity contribution < 1.29 is 0 Å². The molecule has 0 spiro atoms. The maximum atomic E-state index is 5.69. The van der Waals surface area contributed by atoms with Crippen LogP contribution >= 0.6 is 12.2 Å². The average Bonchev–Trinajstić information content (AvgIpc) is 2.25. The van der Waals surface area contributed by atoms with Crippen molar-refractivity contribution in [2.45, 2.75) is 33.2 Å². The Morgan fingerprint density at radius 2 is 2.25 bits per heavy atom. The molecule has 1 heterocycles. The number of aromatic nitrogens is 1. The summed E-state index contributed by atoms with van der Waals surface area (Å²) in [5.41, 5.74) is 7.45. The summed E-state index contributed by atoms with van der Waals surface area (Å²) in [6.45, 7) is 7.46. The third kappa shape index (κ3) is 2.92. The van der Waals surface area contributed by atoms with Gasteiger partial charge in [-0.1, -0.05) is 19.1 Å². The minimum absolute atomic E-state index is 0.359. The molecule has 0 saturated heterocycles. The van der Waals surface area contributed by atoms with Crippen LogP contribution in [-0.4, -0.2) is 22.6 Å². The summed E-state index contributed by atoms with van der Waals surface area (Å²) in [5, 5.41) is 0. The van der Waals surface area contributed by atoms with Crippen LogP contribution in [0.5, 0.6) is 0 Å². The van der Waals surface area contributed by atoms with E-state index < -0.39 is 0 Å². The first-order valence-corrected chi connectivity index (χ1v) is 6.00. The Balaban J connectivity index is 3.12. The van der Waals surface area contributed by atoms with Crippen molar-refractivity contribution >= 4 is 22.9 Å². The highest BCUT2D eigenvalue weighted by Crippen LogP contribution is 2.20. The minimum atomic E-state index is 0.359. The van der Waals surface area contributed by atoms with Gasteiger partial charge in [-0.05, 0) is 32.4 Å². The number of nitrogens with two attached hydrogens (primary N) is 1. The molecule has 0 fully saturated rings. The fourth-order valence-electron chi connectivity index (χ4n) is 1.72. The predicted octanol–water partition coefficient (Wildman–Crippen LogP) is 2.34. The summed E-state index contributed by atoms with van der Waals surface area (Å²) in [7, 11) is 0. The SMILES string of the molecule is CCCN(c1cccnc1C(N)=S)C(C)C. The lowest BCUT2D eigenvalue weighted by atomic mass is 10.2. The number of pyridine rings is 1. The quantitative estimate of drug-likeness (QED) is 0.798. The predicted molar refractivity (Wildman–Crippen MR) is 72.9 cm³/mol. The zero-order valence-corrected chi connectivity index (χ0v) is 10.9. The van der Waals surface area contributed by atoms with E-state index >= 15 is 0 Å². The molecule has 1 aromatic heterocycles. The summed E-state index contributed by atoms with van der Waals surface area (Å²) in [5.74, 6) is 0. The van der Waals surface area contributed by atoms with E-state index in [2.05, 4.69) is 30.7 Å². The second kappa shape index (κ2) is 5.80. The van der Waals surface area contributed by atoms with Gasteiger partial charge >= 0.3 is 0 Å². The van der Waals surface area contributed by atoms with E-state index in [1.165, 1.54) is 0 Å². The van der Waals surface area contributed by atoms with E-state index in [4.69, 9.17) is 18.0 Å². The molecule has 0 amide bonds. The Morgan fingerprint density at radius 3 is 2.75 bits per heavy atom. The van der Waals surface area contributed by atoms with Gasteiger partial charge in [0, 0.05) is 18.8 Å². The average molecular weight is 237 g/mol. The second-order valence-electron chi connectivity index (χ2n) is 4.02. The van der Waals surface area contributed by atoms with Crippen molar-refractivity contribution in [3.63, 3.8) is 0 Å². The summed E-state index contributed by atoms with van der Waals surface area (Å²) >= 11 is 5.03.